The van der Waals surface area contributed by atoms with Crippen LogP contribution < -0.4 is 5.73 Å². The summed E-state index contributed by atoms with van der Waals surface area (Å²) in [5.74, 6) is 0.164. The number of aromatic nitrogens is 2. The van der Waals surface area contributed by atoms with Crippen molar-refractivity contribution in [2.75, 3.05) is 13.2 Å². The van der Waals surface area contributed by atoms with Crippen LogP contribution in [0.15, 0.2) is 36.8 Å². The number of halogens is 1. The van der Waals surface area contributed by atoms with Crippen molar-refractivity contribution in [3.05, 3.63) is 53.9 Å². The largest absolute Gasteiger partial charge is 0.381 e. The quantitative estimate of drug-likeness (QED) is 0.919. The number of hydrogen-bond donors (Lipinski definition) is 1. The van der Waals surface area contributed by atoms with E-state index in [4.69, 9.17) is 10.5 Å². The van der Waals surface area contributed by atoms with Crippen LogP contribution >= 0.6 is 0 Å². The fraction of sp³-hybridized carbons (Fsp3) is 0.438. The monoisotopic (exact) mass is 289 g/mol. The van der Waals surface area contributed by atoms with Crippen LogP contribution in [-0.4, -0.2) is 22.8 Å². The molecule has 1 aromatic carbocycles. The highest BCUT2D eigenvalue weighted by Crippen LogP contribution is 2.26. The Hall–Kier alpha value is -1.72. The van der Waals surface area contributed by atoms with Gasteiger partial charge in [-0.2, -0.15) is 0 Å². The number of rotatable bonds is 5. The molecule has 2 N–H and O–H groups in total. The molecule has 2 atom stereocenters. The molecule has 2 heterocycles. The molecular formula is C16H20FN3O. The maximum atomic E-state index is 12.9. The molecule has 21 heavy (non-hydrogen) atoms. The van der Waals surface area contributed by atoms with E-state index in [1.807, 2.05) is 24.7 Å². The summed E-state index contributed by atoms with van der Waals surface area (Å²) in [5.41, 5.74) is 8.50. The third-order valence-corrected chi connectivity index (χ3v) is 4.11. The fourth-order valence-corrected chi connectivity index (χ4v) is 2.77. The molecule has 1 aromatic heterocycles. The third-order valence-electron chi connectivity index (χ3n) is 4.11. The first-order valence-corrected chi connectivity index (χ1v) is 7.32. The maximum absolute atomic E-state index is 12.9. The second-order valence-electron chi connectivity index (χ2n) is 5.54. The molecular weight excluding hydrogens is 269 g/mol. The summed E-state index contributed by atoms with van der Waals surface area (Å²) in [6.45, 7) is 2.31. The van der Waals surface area contributed by atoms with Crippen molar-refractivity contribution in [1.82, 2.24) is 9.55 Å². The minimum atomic E-state index is -0.203. The lowest BCUT2D eigenvalue weighted by Crippen LogP contribution is -2.24. The zero-order valence-electron chi connectivity index (χ0n) is 11.9. The number of hydrogen-bond acceptors (Lipinski definition) is 3. The summed E-state index contributed by atoms with van der Waals surface area (Å²) in [4.78, 5) is 4.22. The first kappa shape index (κ1) is 14.2. The summed E-state index contributed by atoms with van der Waals surface area (Å²) in [5, 5.41) is 0. The summed E-state index contributed by atoms with van der Waals surface area (Å²) in [7, 11) is 0. The predicted octanol–water partition coefficient (Wildman–Crippen LogP) is 2.30. The summed E-state index contributed by atoms with van der Waals surface area (Å²) < 4.78 is 20.4. The Kier molecular flexibility index (Phi) is 4.31. The molecule has 3 rings (SSSR count). The maximum Gasteiger partial charge on any atom is 0.123 e. The van der Waals surface area contributed by atoms with Gasteiger partial charge in [0.1, 0.15) is 5.82 Å². The SMILES string of the molecule is NC(c1cncn1CCc1ccc(F)cc1)C1CCOC1. The first-order valence-electron chi connectivity index (χ1n) is 7.32. The van der Waals surface area contributed by atoms with Gasteiger partial charge in [-0.05, 0) is 30.5 Å². The number of benzene rings is 1. The zero-order valence-corrected chi connectivity index (χ0v) is 11.9. The Balaban J connectivity index is 1.66. The van der Waals surface area contributed by atoms with E-state index in [1.165, 1.54) is 12.1 Å². The minimum absolute atomic E-state index is 0.0387. The molecule has 0 spiro atoms. The lowest BCUT2D eigenvalue weighted by Gasteiger charge is -2.19. The number of aryl methyl sites for hydroxylation is 2. The van der Waals surface area contributed by atoms with Crippen molar-refractivity contribution in [3.8, 4) is 0 Å². The molecule has 0 radical (unpaired) electrons. The van der Waals surface area contributed by atoms with Crippen LogP contribution in [-0.2, 0) is 17.7 Å². The number of imidazole rings is 1. The molecule has 2 aromatic rings. The van der Waals surface area contributed by atoms with Crippen molar-refractivity contribution in [1.29, 1.82) is 0 Å². The second-order valence-corrected chi connectivity index (χ2v) is 5.54. The fourth-order valence-electron chi connectivity index (χ4n) is 2.77. The average molecular weight is 289 g/mol. The highest BCUT2D eigenvalue weighted by atomic mass is 19.1. The highest BCUT2D eigenvalue weighted by molar-refractivity contribution is 5.16. The highest BCUT2D eigenvalue weighted by Gasteiger charge is 2.26. The molecule has 2 unspecified atom stereocenters. The van der Waals surface area contributed by atoms with Gasteiger partial charge in [-0.25, -0.2) is 9.37 Å². The topological polar surface area (TPSA) is 53.1 Å². The van der Waals surface area contributed by atoms with E-state index in [-0.39, 0.29) is 11.9 Å². The number of ether oxygens (including phenoxy) is 1. The molecule has 1 fully saturated rings. The number of nitrogens with two attached hydrogens (primary N) is 1. The summed E-state index contributed by atoms with van der Waals surface area (Å²) in [6.07, 6.45) is 5.49. The third kappa shape index (κ3) is 3.31. The van der Waals surface area contributed by atoms with E-state index < -0.39 is 0 Å². The van der Waals surface area contributed by atoms with Crippen molar-refractivity contribution in [3.63, 3.8) is 0 Å². The van der Waals surface area contributed by atoms with Crippen LogP contribution in [0.1, 0.15) is 23.7 Å². The van der Waals surface area contributed by atoms with Crippen molar-refractivity contribution in [2.24, 2.45) is 11.7 Å². The Morgan fingerprint density at radius 2 is 2.19 bits per heavy atom. The van der Waals surface area contributed by atoms with Crippen LogP contribution in [0.4, 0.5) is 4.39 Å². The van der Waals surface area contributed by atoms with Gasteiger partial charge in [-0.15, -0.1) is 0 Å². The molecule has 1 saturated heterocycles. The Morgan fingerprint density at radius 1 is 1.38 bits per heavy atom. The lowest BCUT2D eigenvalue weighted by molar-refractivity contribution is 0.180. The molecule has 5 heteroatoms. The van der Waals surface area contributed by atoms with E-state index in [0.717, 1.165) is 43.9 Å². The van der Waals surface area contributed by atoms with Crippen LogP contribution in [0.2, 0.25) is 0 Å². The molecule has 0 aliphatic carbocycles. The van der Waals surface area contributed by atoms with Gasteiger partial charge in [0.25, 0.3) is 0 Å². The molecule has 1 aliphatic heterocycles. The average Bonchev–Trinajstić information content (AvgIpc) is 3.17. The van der Waals surface area contributed by atoms with E-state index >= 15 is 0 Å². The molecule has 112 valence electrons. The van der Waals surface area contributed by atoms with Crippen LogP contribution in [0.5, 0.6) is 0 Å². The summed E-state index contributed by atoms with van der Waals surface area (Å²) in [6, 6.07) is 6.58. The molecule has 1 aliphatic rings. The molecule has 0 bridgehead atoms. The van der Waals surface area contributed by atoms with E-state index in [9.17, 15) is 4.39 Å². The zero-order chi connectivity index (χ0) is 14.7. The lowest BCUT2D eigenvalue weighted by atomic mass is 9.97. The van der Waals surface area contributed by atoms with Gasteiger partial charge < -0.3 is 15.0 Å². The smallest absolute Gasteiger partial charge is 0.123 e. The normalized spacial score (nSPS) is 19.8. The van der Waals surface area contributed by atoms with Crippen LogP contribution in [0.25, 0.3) is 0 Å². The number of nitrogens with zero attached hydrogens (tertiary/aromatic N) is 2. The predicted molar refractivity (Wildman–Crippen MR) is 78.2 cm³/mol. The van der Waals surface area contributed by atoms with E-state index in [1.54, 1.807) is 0 Å². The molecule has 0 amide bonds. The van der Waals surface area contributed by atoms with Gasteiger partial charge in [0, 0.05) is 25.3 Å². The van der Waals surface area contributed by atoms with Gasteiger partial charge >= 0.3 is 0 Å². The Bertz CT molecular complexity index is 575. The van der Waals surface area contributed by atoms with E-state index in [2.05, 4.69) is 9.55 Å². The Morgan fingerprint density at radius 3 is 2.90 bits per heavy atom. The molecule has 0 saturated carbocycles. The standard InChI is InChI=1S/C16H20FN3O/c17-14-3-1-12(2-4-14)5-7-20-11-19-9-15(20)16(18)13-6-8-21-10-13/h1-4,9,11,13,16H,5-8,10,18H2. The van der Waals surface area contributed by atoms with Gasteiger partial charge in [0.2, 0.25) is 0 Å². The van der Waals surface area contributed by atoms with Gasteiger partial charge in [-0.3, -0.25) is 0 Å². The van der Waals surface area contributed by atoms with Crippen molar-refractivity contribution < 1.29 is 9.13 Å². The van der Waals surface area contributed by atoms with Crippen molar-refractivity contribution >= 4 is 0 Å². The first-order chi connectivity index (χ1) is 10.2. The van der Waals surface area contributed by atoms with E-state index in [0.29, 0.717) is 5.92 Å². The van der Waals surface area contributed by atoms with Crippen molar-refractivity contribution in [2.45, 2.75) is 25.4 Å². The van der Waals surface area contributed by atoms with Crippen LogP contribution in [0, 0.1) is 11.7 Å². The van der Waals surface area contributed by atoms with Gasteiger partial charge in [0.05, 0.1) is 24.7 Å². The van der Waals surface area contributed by atoms with Gasteiger partial charge in [0.15, 0.2) is 0 Å². The Labute approximate surface area is 123 Å². The molecule has 4 nitrogen and oxygen atoms in total. The second kappa shape index (κ2) is 6.37. The van der Waals surface area contributed by atoms with Gasteiger partial charge in [-0.1, -0.05) is 12.1 Å². The summed E-state index contributed by atoms with van der Waals surface area (Å²) >= 11 is 0. The minimum Gasteiger partial charge on any atom is -0.381 e. The van der Waals surface area contributed by atoms with Crippen LogP contribution in [0.3, 0.4) is 0 Å².